The van der Waals surface area contributed by atoms with Gasteiger partial charge < -0.3 is 9.73 Å². The smallest absolute Gasteiger partial charge is 0.256 e. The van der Waals surface area contributed by atoms with Gasteiger partial charge in [-0.1, -0.05) is 89.1 Å². The average molecular weight is 453 g/mol. The van der Waals surface area contributed by atoms with Gasteiger partial charge in [0, 0.05) is 17.9 Å². The Hall–Kier alpha value is -2.27. The number of hydrogen-bond acceptors (Lipinski definition) is 4. The van der Waals surface area contributed by atoms with E-state index < -0.39 is 0 Å². The molecule has 1 heterocycles. The number of unbranched alkanes of at least 4 members (excludes halogenated alkanes) is 4. The topological polar surface area (TPSA) is 55.1 Å². The van der Waals surface area contributed by atoms with Gasteiger partial charge in [0.2, 0.25) is 5.91 Å². The quantitative estimate of drug-likeness (QED) is 0.222. The normalized spacial score (nSPS) is 11.6. The number of rotatable bonds is 12. The van der Waals surface area contributed by atoms with Crippen LogP contribution in [0.4, 0.5) is 5.69 Å². The lowest BCUT2D eigenvalue weighted by Gasteiger charge is -2.20. The highest BCUT2D eigenvalue weighted by molar-refractivity contribution is 7.99. The molecule has 0 fully saturated rings. The molecule has 4 nitrogen and oxygen atoms in total. The summed E-state index contributed by atoms with van der Waals surface area (Å²) >= 11 is 1.68. The van der Waals surface area contributed by atoms with Crippen LogP contribution in [0.3, 0.4) is 0 Å². The first-order chi connectivity index (χ1) is 15.5. The van der Waals surface area contributed by atoms with Crippen LogP contribution in [0.1, 0.15) is 89.2 Å². The van der Waals surface area contributed by atoms with Gasteiger partial charge in [0.05, 0.1) is 0 Å². The molecule has 3 rings (SSSR count). The van der Waals surface area contributed by atoms with E-state index in [4.69, 9.17) is 4.42 Å². The molecule has 3 aromatic rings. The first-order valence-corrected chi connectivity index (χ1v) is 12.8. The fourth-order valence-corrected chi connectivity index (χ4v) is 4.72. The maximum Gasteiger partial charge on any atom is 0.256 e. The van der Waals surface area contributed by atoms with Crippen LogP contribution in [0.5, 0.6) is 0 Å². The van der Waals surface area contributed by atoms with E-state index >= 15 is 0 Å². The number of anilines is 1. The minimum Gasteiger partial charge on any atom is -0.431 e. The van der Waals surface area contributed by atoms with Crippen molar-refractivity contribution in [2.75, 3.05) is 11.1 Å². The highest BCUT2D eigenvalue weighted by atomic mass is 32.2. The summed E-state index contributed by atoms with van der Waals surface area (Å²) in [4.78, 5) is 17.1. The van der Waals surface area contributed by atoms with Gasteiger partial charge in [-0.15, -0.1) is 0 Å². The van der Waals surface area contributed by atoms with Gasteiger partial charge in [-0.2, -0.15) is 0 Å². The second kappa shape index (κ2) is 12.1. The number of oxazole rings is 1. The molecular formula is C27H36N2O2S. The number of aromatic nitrogens is 1. The molecule has 32 heavy (non-hydrogen) atoms. The zero-order valence-electron chi connectivity index (χ0n) is 19.8. The van der Waals surface area contributed by atoms with Crippen molar-refractivity contribution >= 4 is 34.5 Å². The molecule has 0 unspecified atom stereocenters. The van der Waals surface area contributed by atoms with E-state index in [2.05, 4.69) is 56.2 Å². The zero-order chi connectivity index (χ0) is 22.9. The van der Waals surface area contributed by atoms with Crippen LogP contribution in [0.25, 0.3) is 11.1 Å². The molecule has 0 bridgehead atoms. The van der Waals surface area contributed by atoms with Crippen LogP contribution in [-0.2, 0) is 4.79 Å². The molecule has 0 saturated carbocycles. The Morgan fingerprint density at radius 1 is 0.906 bits per heavy atom. The van der Waals surface area contributed by atoms with Gasteiger partial charge in [-0.3, -0.25) is 4.79 Å². The molecule has 172 valence electrons. The Balaban J connectivity index is 1.33. The van der Waals surface area contributed by atoms with Crippen molar-refractivity contribution in [2.45, 2.75) is 83.3 Å². The number of benzene rings is 2. The molecule has 1 N–H and O–H groups in total. The highest BCUT2D eigenvalue weighted by Gasteiger charge is 2.15. The van der Waals surface area contributed by atoms with E-state index in [0.29, 0.717) is 18.3 Å². The van der Waals surface area contributed by atoms with E-state index in [1.165, 1.54) is 17.5 Å². The largest absolute Gasteiger partial charge is 0.431 e. The second-order valence-electron chi connectivity index (χ2n) is 8.98. The lowest BCUT2D eigenvalue weighted by molar-refractivity contribution is -0.116. The zero-order valence-corrected chi connectivity index (χ0v) is 20.6. The SMILES string of the molecule is CC(C)c1cccc(C(C)C)c1NC(=O)CCCCCCCSc1nc2ccccc2o1. The Bertz CT molecular complexity index is 951. The number of hydrogen-bond donors (Lipinski definition) is 1. The summed E-state index contributed by atoms with van der Waals surface area (Å²) < 4.78 is 5.74. The third-order valence-corrected chi connectivity index (χ3v) is 6.60. The summed E-state index contributed by atoms with van der Waals surface area (Å²) in [6.45, 7) is 8.71. The third kappa shape index (κ3) is 6.86. The van der Waals surface area contributed by atoms with E-state index in [9.17, 15) is 4.79 Å². The molecule has 0 atom stereocenters. The number of fused-ring (bicyclic) bond motifs is 1. The number of para-hydroxylation sites is 3. The fourth-order valence-electron chi connectivity index (χ4n) is 3.89. The molecule has 5 heteroatoms. The lowest BCUT2D eigenvalue weighted by Crippen LogP contribution is -2.15. The first-order valence-electron chi connectivity index (χ1n) is 11.9. The van der Waals surface area contributed by atoms with Crippen molar-refractivity contribution in [2.24, 2.45) is 0 Å². The molecule has 0 aliphatic rings. The van der Waals surface area contributed by atoms with Crippen molar-refractivity contribution in [3.05, 3.63) is 53.6 Å². The average Bonchev–Trinajstić information content (AvgIpc) is 3.18. The molecule has 0 aliphatic carbocycles. The Morgan fingerprint density at radius 3 is 2.25 bits per heavy atom. The Kier molecular flexibility index (Phi) is 9.22. The van der Waals surface area contributed by atoms with Gasteiger partial charge >= 0.3 is 0 Å². The van der Waals surface area contributed by atoms with Crippen LogP contribution >= 0.6 is 11.8 Å². The standard InChI is InChI=1S/C27H36N2O2S/c1-19(2)21-13-12-14-22(20(3)4)26(21)29-25(30)17-8-6-5-7-11-18-32-27-28-23-15-9-10-16-24(23)31-27/h9-10,12-16,19-20H,5-8,11,17-18H2,1-4H3,(H,29,30). The second-order valence-corrected chi connectivity index (χ2v) is 10.0. The Labute approximate surface area is 196 Å². The van der Waals surface area contributed by atoms with Gasteiger partial charge in [-0.05, 0) is 47.9 Å². The third-order valence-electron chi connectivity index (χ3n) is 5.69. The van der Waals surface area contributed by atoms with Gasteiger partial charge in [0.15, 0.2) is 5.58 Å². The van der Waals surface area contributed by atoms with E-state index in [1.54, 1.807) is 11.8 Å². The summed E-state index contributed by atoms with van der Waals surface area (Å²) in [5.41, 5.74) is 5.25. The minimum atomic E-state index is 0.131. The molecule has 0 radical (unpaired) electrons. The molecule has 1 amide bonds. The number of carbonyl (C=O) groups excluding carboxylic acids is 1. The van der Waals surface area contributed by atoms with Crippen LogP contribution in [-0.4, -0.2) is 16.6 Å². The van der Waals surface area contributed by atoms with E-state index in [1.807, 2.05) is 24.3 Å². The minimum absolute atomic E-state index is 0.131. The number of thioether (sulfide) groups is 1. The molecule has 0 aliphatic heterocycles. The fraction of sp³-hybridized carbons (Fsp3) is 0.481. The molecule has 2 aromatic carbocycles. The first kappa shape index (κ1) is 24.4. The Morgan fingerprint density at radius 2 is 1.56 bits per heavy atom. The van der Waals surface area contributed by atoms with Crippen LogP contribution in [0.15, 0.2) is 52.1 Å². The number of carbonyl (C=O) groups is 1. The maximum atomic E-state index is 12.6. The number of nitrogens with zero attached hydrogens (tertiary/aromatic N) is 1. The van der Waals surface area contributed by atoms with Crippen LogP contribution in [0, 0.1) is 0 Å². The summed E-state index contributed by atoms with van der Waals surface area (Å²) in [6, 6.07) is 14.2. The predicted octanol–water partition coefficient (Wildman–Crippen LogP) is 8.15. The van der Waals surface area contributed by atoms with E-state index in [-0.39, 0.29) is 5.91 Å². The summed E-state index contributed by atoms with van der Waals surface area (Å²) in [6.07, 6.45) is 6.06. The number of nitrogens with one attached hydrogen (secondary N) is 1. The maximum absolute atomic E-state index is 12.6. The van der Waals surface area contributed by atoms with Gasteiger partial charge in [0.1, 0.15) is 5.52 Å². The molecular weight excluding hydrogens is 416 g/mol. The number of amides is 1. The van der Waals surface area contributed by atoms with Crippen LogP contribution in [0.2, 0.25) is 0 Å². The summed E-state index contributed by atoms with van der Waals surface area (Å²) in [5, 5.41) is 3.98. The van der Waals surface area contributed by atoms with Crippen molar-refractivity contribution in [1.82, 2.24) is 4.98 Å². The van der Waals surface area contributed by atoms with Crippen molar-refractivity contribution in [1.29, 1.82) is 0 Å². The monoisotopic (exact) mass is 452 g/mol. The van der Waals surface area contributed by atoms with Crippen molar-refractivity contribution < 1.29 is 9.21 Å². The van der Waals surface area contributed by atoms with Crippen LogP contribution < -0.4 is 5.32 Å². The lowest BCUT2D eigenvalue weighted by atomic mass is 9.92. The summed E-state index contributed by atoms with van der Waals surface area (Å²) in [5.74, 6) is 1.91. The molecule has 1 aromatic heterocycles. The highest BCUT2D eigenvalue weighted by Crippen LogP contribution is 2.32. The molecule has 0 saturated heterocycles. The molecule has 0 spiro atoms. The van der Waals surface area contributed by atoms with E-state index in [0.717, 1.165) is 53.4 Å². The van der Waals surface area contributed by atoms with Crippen molar-refractivity contribution in [3.8, 4) is 0 Å². The van der Waals surface area contributed by atoms with Gasteiger partial charge in [-0.25, -0.2) is 4.98 Å². The summed E-state index contributed by atoms with van der Waals surface area (Å²) in [7, 11) is 0. The van der Waals surface area contributed by atoms with Gasteiger partial charge in [0.25, 0.3) is 5.22 Å². The predicted molar refractivity (Wildman–Crippen MR) is 136 cm³/mol. The van der Waals surface area contributed by atoms with Crippen molar-refractivity contribution in [3.63, 3.8) is 0 Å².